The van der Waals surface area contributed by atoms with Gasteiger partial charge in [0, 0.05) is 37.3 Å². The molecule has 2 saturated heterocycles. The number of benzene rings is 2. The van der Waals surface area contributed by atoms with Gasteiger partial charge in [-0.05, 0) is 23.8 Å². The number of piperazine rings is 1. The van der Waals surface area contributed by atoms with Crippen LogP contribution < -0.4 is 15.0 Å². The van der Waals surface area contributed by atoms with E-state index in [0.29, 0.717) is 11.3 Å². The SMILES string of the molecule is O=Cc1cccc(-c2ccc(OC3OC(CO)C(O)C(O)C3O)cc2)c1N1CCNCC1. The molecule has 9 nitrogen and oxygen atoms in total. The molecule has 2 fully saturated rings. The van der Waals surface area contributed by atoms with E-state index in [9.17, 15) is 25.2 Å². The minimum atomic E-state index is -1.50. The Kier molecular flexibility index (Phi) is 7.04. The van der Waals surface area contributed by atoms with Crippen molar-refractivity contribution < 1.29 is 34.7 Å². The van der Waals surface area contributed by atoms with E-state index in [0.717, 1.165) is 49.3 Å². The van der Waals surface area contributed by atoms with Crippen molar-refractivity contribution in [2.24, 2.45) is 0 Å². The van der Waals surface area contributed by atoms with Crippen LogP contribution in [-0.2, 0) is 4.74 Å². The standard InChI is InChI=1S/C23H28N2O7/c26-12-15-2-1-3-17(19(15)25-10-8-24-9-11-25)14-4-6-16(7-5-14)31-23-22(30)21(29)20(28)18(13-27)32-23/h1-7,12,18,20-24,27-30H,8-11,13H2. The summed E-state index contributed by atoms with van der Waals surface area (Å²) in [7, 11) is 0. The van der Waals surface area contributed by atoms with E-state index in [2.05, 4.69) is 10.2 Å². The fourth-order valence-electron chi connectivity index (χ4n) is 4.14. The predicted molar refractivity (Wildman–Crippen MR) is 117 cm³/mol. The van der Waals surface area contributed by atoms with Crippen molar-refractivity contribution in [2.45, 2.75) is 30.7 Å². The number of carbonyl (C=O) groups is 1. The van der Waals surface area contributed by atoms with Gasteiger partial charge in [0.25, 0.3) is 0 Å². The highest BCUT2D eigenvalue weighted by Gasteiger charge is 2.44. The summed E-state index contributed by atoms with van der Waals surface area (Å²) in [6.45, 7) is 2.77. The molecule has 0 spiro atoms. The van der Waals surface area contributed by atoms with Crippen LogP contribution in [-0.4, -0.2) is 90.2 Å². The van der Waals surface area contributed by atoms with Gasteiger partial charge >= 0.3 is 0 Å². The maximum absolute atomic E-state index is 11.7. The summed E-state index contributed by atoms with van der Waals surface area (Å²) in [5, 5.41) is 42.6. The van der Waals surface area contributed by atoms with Crippen molar-refractivity contribution in [1.82, 2.24) is 5.32 Å². The largest absolute Gasteiger partial charge is 0.462 e. The zero-order valence-electron chi connectivity index (χ0n) is 17.5. The Labute approximate surface area is 185 Å². The third-order valence-corrected chi connectivity index (χ3v) is 5.89. The summed E-state index contributed by atoms with van der Waals surface area (Å²) in [5.74, 6) is 0.383. The van der Waals surface area contributed by atoms with Crippen LogP contribution in [0, 0.1) is 0 Å². The molecule has 0 aliphatic carbocycles. The fraction of sp³-hybridized carbons (Fsp3) is 0.435. The molecule has 172 valence electrons. The molecule has 2 aliphatic heterocycles. The van der Waals surface area contributed by atoms with Gasteiger partial charge in [-0.1, -0.05) is 24.3 Å². The fourth-order valence-corrected chi connectivity index (χ4v) is 4.14. The first kappa shape index (κ1) is 22.7. The molecule has 5 atom stereocenters. The average molecular weight is 444 g/mol. The third-order valence-electron chi connectivity index (χ3n) is 5.89. The first-order valence-corrected chi connectivity index (χ1v) is 10.6. The van der Waals surface area contributed by atoms with Gasteiger partial charge in [0.05, 0.1) is 12.3 Å². The van der Waals surface area contributed by atoms with Crippen molar-refractivity contribution in [1.29, 1.82) is 0 Å². The van der Waals surface area contributed by atoms with Gasteiger partial charge in [0.2, 0.25) is 6.29 Å². The molecule has 0 aromatic heterocycles. The van der Waals surface area contributed by atoms with E-state index in [1.807, 2.05) is 30.3 Å². The topological polar surface area (TPSA) is 132 Å². The number of nitrogens with zero attached hydrogens (tertiary/aromatic N) is 1. The molecule has 4 rings (SSSR count). The summed E-state index contributed by atoms with van der Waals surface area (Å²) in [5.41, 5.74) is 3.34. The number of rotatable bonds is 6. The van der Waals surface area contributed by atoms with E-state index in [-0.39, 0.29) is 0 Å². The molecule has 0 bridgehead atoms. The molecular formula is C23H28N2O7. The molecule has 5 unspecified atom stereocenters. The second kappa shape index (κ2) is 9.95. The van der Waals surface area contributed by atoms with Crippen molar-refractivity contribution >= 4 is 12.0 Å². The first-order valence-electron chi connectivity index (χ1n) is 10.6. The van der Waals surface area contributed by atoms with Crippen molar-refractivity contribution in [3.8, 4) is 16.9 Å². The van der Waals surface area contributed by atoms with Crippen LogP contribution in [0.15, 0.2) is 42.5 Å². The van der Waals surface area contributed by atoms with E-state index < -0.39 is 37.3 Å². The average Bonchev–Trinajstić information content (AvgIpc) is 2.84. The van der Waals surface area contributed by atoms with E-state index in [1.165, 1.54) is 0 Å². The molecule has 5 N–H and O–H groups in total. The summed E-state index contributed by atoms with van der Waals surface area (Å²) in [6.07, 6.45) is -5.83. The van der Waals surface area contributed by atoms with Gasteiger partial charge in [-0.25, -0.2) is 0 Å². The van der Waals surface area contributed by atoms with E-state index in [1.54, 1.807) is 12.1 Å². The highest BCUT2D eigenvalue weighted by atomic mass is 16.7. The number of hydrogen-bond acceptors (Lipinski definition) is 9. The van der Waals surface area contributed by atoms with Gasteiger partial charge in [-0.15, -0.1) is 0 Å². The second-order valence-corrected chi connectivity index (χ2v) is 7.94. The van der Waals surface area contributed by atoms with Crippen molar-refractivity contribution in [3.63, 3.8) is 0 Å². The van der Waals surface area contributed by atoms with Crippen LogP contribution in [0.5, 0.6) is 5.75 Å². The van der Waals surface area contributed by atoms with Crippen LogP contribution in [0.2, 0.25) is 0 Å². The molecular weight excluding hydrogens is 416 g/mol. The number of hydrogen-bond donors (Lipinski definition) is 5. The minimum Gasteiger partial charge on any atom is -0.462 e. The molecule has 0 amide bonds. The van der Waals surface area contributed by atoms with Gasteiger partial charge in [-0.3, -0.25) is 4.79 Å². The normalized spacial score (nSPS) is 28.4. The Morgan fingerprint density at radius 2 is 1.75 bits per heavy atom. The summed E-state index contributed by atoms with van der Waals surface area (Å²) >= 11 is 0. The molecule has 0 saturated carbocycles. The zero-order valence-corrected chi connectivity index (χ0v) is 17.5. The smallest absolute Gasteiger partial charge is 0.229 e. The number of aliphatic hydroxyl groups is 4. The van der Waals surface area contributed by atoms with Crippen LogP contribution in [0.3, 0.4) is 0 Å². The number of aldehydes is 1. The Hall–Kier alpha value is -2.53. The minimum absolute atomic E-state index is 0.383. The summed E-state index contributed by atoms with van der Waals surface area (Å²) < 4.78 is 11.1. The number of anilines is 1. The monoisotopic (exact) mass is 444 g/mol. The third kappa shape index (κ3) is 4.49. The molecule has 2 aromatic carbocycles. The maximum Gasteiger partial charge on any atom is 0.229 e. The summed E-state index contributed by atoms with van der Waals surface area (Å²) in [6, 6.07) is 12.7. The molecule has 2 heterocycles. The van der Waals surface area contributed by atoms with Crippen LogP contribution in [0.4, 0.5) is 5.69 Å². The van der Waals surface area contributed by atoms with Crippen molar-refractivity contribution in [2.75, 3.05) is 37.7 Å². The van der Waals surface area contributed by atoms with Gasteiger partial charge in [0.1, 0.15) is 30.2 Å². The number of ether oxygens (including phenoxy) is 2. The van der Waals surface area contributed by atoms with Crippen molar-refractivity contribution in [3.05, 3.63) is 48.0 Å². The lowest BCUT2D eigenvalue weighted by molar-refractivity contribution is -0.277. The van der Waals surface area contributed by atoms with Gasteiger partial charge in [0.15, 0.2) is 6.29 Å². The van der Waals surface area contributed by atoms with Gasteiger partial charge < -0.3 is 40.1 Å². The Morgan fingerprint density at radius 1 is 1.03 bits per heavy atom. The van der Waals surface area contributed by atoms with Crippen LogP contribution in [0.1, 0.15) is 10.4 Å². The Bertz CT molecular complexity index is 915. The lowest BCUT2D eigenvalue weighted by Crippen LogP contribution is -2.60. The Balaban J connectivity index is 1.56. The molecule has 32 heavy (non-hydrogen) atoms. The Morgan fingerprint density at radius 3 is 2.41 bits per heavy atom. The lowest BCUT2D eigenvalue weighted by atomic mass is 9.98. The lowest BCUT2D eigenvalue weighted by Gasteiger charge is -2.39. The van der Waals surface area contributed by atoms with Crippen LogP contribution >= 0.6 is 0 Å². The number of nitrogens with one attached hydrogen (secondary N) is 1. The quantitative estimate of drug-likeness (QED) is 0.383. The first-order chi connectivity index (χ1) is 15.5. The van der Waals surface area contributed by atoms with E-state index in [4.69, 9.17) is 9.47 Å². The highest BCUT2D eigenvalue weighted by molar-refractivity contribution is 5.93. The zero-order chi connectivity index (χ0) is 22.7. The van der Waals surface area contributed by atoms with E-state index >= 15 is 0 Å². The number of carbonyl (C=O) groups excluding carboxylic acids is 1. The summed E-state index contributed by atoms with van der Waals surface area (Å²) in [4.78, 5) is 13.9. The van der Waals surface area contributed by atoms with Gasteiger partial charge in [-0.2, -0.15) is 0 Å². The maximum atomic E-state index is 11.7. The predicted octanol–water partition coefficient (Wildman–Crippen LogP) is -0.246. The molecule has 9 heteroatoms. The second-order valence-electron chi connectivity index (χ2n) is 7.94. The number of aliphatic hydroxyl groups excluding tert-OH is 4. The highest BCUT2D eigenvalue weighted by Crippen LogP contribution is 2.35. The van der Waals surface area contributed by atoms with Crippen LogP contribution in [0.25, 0.3) is 11.1 Å². The molecule has 0 radical (unpaired) electrons. The molecule has 2 aliphatic rings. The molecule has 2 aromatic rings. The number of para-hydroxylation sites is 1.